The van der Waals surface area contributed by atoms with Crippen molar-refractivity contribution in [1.29, 1.82) is 0 Å². The molecule has 3 rings (SSSR count). The van der Waals surface area contributed by atoms with E-state index in [1.54, 1.807) is 11.3 Å². The van der Waals surface area contributed by atoms with E-state index in [9.17, 15) is 5.11 Å². The van der Waals surface area contributed by atoms with Crippen LogP contribution in [0, 0.1) is 0 Å². The summed E-state index contributed by atoms with van der Waals surface area (Å²) in [6.07, 6.45) is 7.00. The highest BCUT2D eigenvalue weighted by Crippen LogP contribution is 2.25. The van der Waals surface area contributed by atoms with Gasteiger partial charge in [0, 0.05) is 36.0 Å². The summed E-state index contributed by atoms with van der Waals surface area (Å²) in [5.74, 6) is 0. The average molecular weight is 379 g/mol. The molecule has 3 nitrogen and oxygen atoms in total. The van der Waals surface area contributed by atoms with Crippen LogP contribution >= 0.6 is 22.9 Å². The third kappa shape index (κ3) is 5.78. The molecule has 1 unspecified atom stereocenters. The van der Waals surface area contributed by atoms with Crippen molar-refractivity contribution >= 4 is 22.9 Å². The molecule has 0 aliphatic heterocycles. The van der Waals surface area contributed by atoms with Crippen LogP contribution in [-0.4, -0.2) is 33.7 Å². The molecule has 1 atom stereocenters. The van der Waals surface area contributed by atoms with Crippen LogP contribution in [0.15, 0.2) is 29.6 Å². The van der Waals surface area contributed by atoms with Crippen LogP contribution in [0.5, 0.6) is 0 Å². The molecule has 0 amide bonds. The third-order valence-electron chi connectivity index (χ3n) is 4.82. The molecule has 1 fully saturated rings. The van der Waals surface area contributed by atoms with Crippen LogP contribution < -0.4 is 0 Å². The second kappa shape index (κ2) is 9.13. The number of nitrogens with zero attached hydrogens (tertiary/aromatic N) is 2. The Morgan fingerprint density at radius 2 is 1.96 bits per heavy atom. The van der Waals surface area contributed by atoms with Crippen LogP contribution in [0.25, 0.3) is 0 Å². The van der Waals surface area contributed by atoms with Gasteiger partial charge in [-0.15, -0.1) is 11.3 Å². The number of aromatic nitrogens is 1. The lowest BCUT2D eigenvalue weighted by molar-refractivity contribution is 0.0761. The van der Waals surface area contributed by atoms with Crippen LogP contribution in [0.2, 0.25) is 5.02 Å². The Balaban J connectivity index is 1.63. The van der Waals surface area contributed by atoms with Gasteiger partial charge in [0.2, 0.25) is 0 Å². The van der Waals surface area contributed by atoms with E-state index in [0.29, 0.717) is 6.04 Å². The van der Waals surface area contributed by atoms with Crippen LogP contribution in [0.1, 0.15) is 55.3 Å². The molecular formula is C20H27ClN2OS. The fourth-order valence-electron chi connectivity index (χ4n) is 3.62. The quantitative estimate of drug-likeness (QED) is 0.744. The van der Waals surface area contributed by atoms with Gasteiger partial charge in [-0.25, -0.2) is 4.98 Å². The van der Waals surface area contributed by atoms with Crippen molar-refractivity contribution in [3.8, 4) is 0 Å². The molecule has 0 spiro atoms. The Bertz CT molecular complexity index is 650. The van der Waals surface area contributed by atoms with Crippen LogP contribution in [-0.2, 0) is 13.0 Å². The van der Waals surface area contributed by atoms with Gasteiger partial charge in [-0.3, -0.25) is 4.90 Å². The predicted octanol–water partition coefficient (Wildman–Crippen LogP) is 4.90. The van der Waals surface area contributed by atoms with E-state index in [2.05, 4.69) is 22.4 Å². The highest BCUT2D eigenvalue weighted by atomic mass is 35.5. The standard InChI is InChI=1S/C20H27ClN2OS/c1-15(24)12-23(19-5-3-2-4-6-19)13-18-14-25-20(22-18)11-16-7-9-17(21)10-8-16/h7-10,14-15,19,24H,2-6,11-13H2,1H3. The summed E-state index contributed by atoms with van der Waals surface area (Å²) in [6.45, 7) is 3.45. The first-order chi connectivity index (χ1) is 12.1. The normalized spacial score (nSPS) is 17.1. The number of hydrogen-bond acceptors (Lipinski definition) is 4. The smallest absolute Gasteiger partial charge is 0.0972 e. The van der Waals surface area contributed by atoms with E-state index in [4.69, 9.17) is 16.6 Å². The molecule has 0 bridgehead atoms. The second-order valence-electron chi connectivity index (χ2n) is 7.11. The molecule has 2 aromatic rings. The minimum Gasteiger partial charge on any atom is -0.392 e. The van der Waals surface area contributed by atoms with Gasteiger partial charge in [-0.1, -0.05) is 43.0 Å². The minimum absolute atomic E-state index is 0.297. The summed E-state index contributed by atoms with van der Waals surface area (Å²) in [5.41, 5.74) is 2.36. The number of halogens is 1. The molecule has 136 valence electrons. The summed E-state index contributed by atoms with van der Waals surface area (Å²) in [6, 6.07) is 8.57. The summed E-state index contributed by atoms with van der Waals surface area (Å²) in [4.78, 5) is 7.27. The summed E-state index contributed by atoms with van der Waals surface area (Å²) in [5, 5.41) is 14.0. The van der Waals surface area contributed by atoms with Gasteiger partial charge in [0.05, 0.1) is 16.8 Å². The van der Waals surface area contributed by atoms with E-state index < -0.39 is 0 Å². The number of benzene rings is 1. The molecule has 1 aromatic carbocycles. The molecule has 1 heterocycles. The molecule has 25 heavy (non-hydrogen) atoms. The molecule has 1 aromatic heterocycles. The zero-order valence-corrected chi connectivity index (χ0v) is 16.4. The minimum atomic E-state index is -0.297. The topological polar surface area (TPSA) is 36.4 Å². The van der Waals surface area contributed by atoms with Gasteiger partial charge in [0.1, 0.15) is 0 Å². The Hall–Kier alpha value is -0.940. The average Bonchev–Trinajstić information content (AvgIpc) is 3.04. The third-order valence-corrected chi connectivity index (χ3v) is 5.97. The maximum Gasteiger partial charge on any atom is 0.0972 e. The largest absolute Gasteiger partial charge is 0.392 e. The van der Waals surface area contributed by atoms with Crippen LogP contribution in [0.4, 0.5) is 0 Å². The van der Waals surface area contributed by atoms with Crippen molar-refractivity contribution in [3.63, 3.8) is 0 Å². The maximum absolute atomic E-state index is 9.88. The molecule has 0 saturated heterocycles. The lowest BCUT2D eigenvalue weighted by Gasteiger charge is -2.34. The van der Waals surface area contributed by atoms with Gasteiger partial charge in [0.15, 0.2) is 0 Å². The summed E-state index contributed by atoms with van der Waals surface area (Å²) < 4.78 is 0. The monoisotopic (exact) mass is 378 g/mol. The van der Waals surface area contributed by atoms with Gasteiger partial charge in [0.25, 0.3) is 0 Å². The first kappa shape index (κ1) is 18.8. The zero-order chi connectivity index (χ0) is 17.6. The lowest BCUT2D eigenvalue weighted by Crippen LogP contribution is -2.40. The summed E-state index contributed by atoms with van der Waals surface area (Å²) >= 11 is 7.68. The molecule has 5 heteroatoms. The Morgan fingerprint density at radius 3 is 2.64 bits per heavy atom. The van der Waals surface area contributed by atoms with Crippen molar-refractivity contribution in [2.45, 2.75) is 64.1 Å². The SMILES string of the molecule is CC(O)CN(Cc1csc(Cc2ccc(Cl)cc2)n1)C1CCCCC1. The van der Waals surface area contributed by atoms with Crippen LogP contribution in [0.3, 0.4) is 0 Å². The number of aliphatic hydroxyl groups excluding tert-OH is 1. The maximum atomic E-state index is 9.88. The number of rotatable bonds is 7. The molecule has 0 radical (unpaired) electrons. The van der Waals surface area contributed by atoms with E-state index in [-0.39, 0.29) is 6.10 Å². The molecule has 1 aliphatic carbocycles. The Morgan fingerprint density at radius 1 is 1.24 bits per heavy atom. The van der Waals surface area contributed by atoms with E-state index in [0.717, 1.165) is 35.2 Å². The summed E-state index contributed by atoms with van der Waals surface area (Å²) in [7, 11) is 0. The molecular weight excluding hydrogens is 352 g/mol. The van der Waals surface area contributed by atoms with Crippen molar-refractivity contribution < 1.29 is 5.11 Å². The first-order valence-corrected chi connectivity index (χ1v) is 10.5. The van der Waals surface area contributed by atoms with Crippen molar-refractivity contribution in [3.05, 3.63) is 50.9 Å². The molecule has 1 aliphatic rings. The van der Waals surface area contributed by atoms with E-state index in [1.807, 2.05) is 19.1 Å². The highest BCUT2D eigenvalue weighted by Gasteiger charge is 2.23. The fourth-order valence-corrected chi connectivity index (χ4v) is 4.56. The van der Waals surface area contributed by atoms with Crippen molar-refractivity contribution in [2.75, 3.05) is 6.54 Å². The fraction of sp³-hybridized carbons (Fsp3) is 0.550. The number of thiazole rings is 1. The van der Waals surface area contributed by atoms with Crippen molar-refractivity contribution in [2.24, 2.45) is 0 Å². The lowest BCUT2D eigenvalue weighted by atomic mass is 9.94. The molecule has 1 saturated carbocycles. The highest BCUT2D eigenvalue weighted by molar-refractivity contribution is 7.09. The van der Waals surface area contributed by atoms with Gasteiger partial charge >= 0.3 is 0 Å². The first-order valence-electron chi connectivity index (χ1n) is 9.20. The predicted molar refractivity (Wildman–Crippen MR) is 105 cm³/mol. The van der Waals surface area contributed by atoms with E-state index in [1.165, 1.54) is 37.7 Å². The van der Waals surface area contributed by atoms with Gasteiger partial charge in [-0.2, -0.15) is 0 Å². The number of aliphatic hydroxyl groups is 1. The second-order valence-corrected chi connectivity index (χ2v) is 8.49. The number of hydrogen-bond donors (Lipinski definition) is 1. The van der Waals surface area contributed by atoms with E-state index >= 15 is 0 Å². The molecule has 1 N–H and O–H groups in total. The zero-order valence-electron chi connectivity index (χ0n) is 14.8. The van der Waals surface area contributed by atoms with Gasteiger partial charge < -0.3 is 5.11 Å². The Labute approximate surface area is 159 Å². The Kier molecular flexibility index (Phi) is 6.88. The van der Waals surface area contributed by atoms with Gasteiger partial charge in [-0.05, 0) is 37.5 Å². The van der Waals surface area contributed by atoms with Crippen molar-refractivity contribution in [1.82, 2.24) is 9.88 Å².